The smallest absolute Gasteiger partial charge is 0.246 e. The molecule has 0 N–H and O–H groups in total. The standard InChI is InChI=1S/C14H18N4O3/c1-10-15-14(21-17-10)12-9-20-7-6-18(12)8-11-4-3-5-13(16-11)19-2/h3-5,12H,6-9H2,1-2H3/t12-/m1/s1. The number of morpholine rings is 1. The lowest BCUT2D eigenvalue weighted by molar-refractivity contribution is -0.0246. The predicted molar refractivity (Wildman–Crippen MR) is 73.8 cm³/mol. The van der Waals surface area contributed by atoms with E-state index in [1.54, 1.807) is 7.11 Å². The summed E-state index contributed by atoms with van der Waals surface area (Å²) >= 11 is 0. The molecule has 0 spiro atoms. The molecule has 1 fully saturated rings. The third kappa shape index (κ3) is 3.20. The molecule has 1 saturated heterocycles. The molecule has 21 heavy (non-hydrogen) atoms. The van der Waals surface area contributed by atoms with Crippen LogP contribution in [0.3, 0.4) is 0 Å². The molecule has 7 nitrogen and oxygen atoms in total. The molecular formula is C14H18N4O3. The fraction of sp³-hybridized carbons (Fsp3) is 0.500. The van der Waals surface area contributed by atoms with Crippen molar-refractivity contribution in [1.29, 1.82) is 0 Å². The molecular weight excluding hydrogens is 272 g/mol. The van der Waals surface area contributed by atoms with Crippen LogP contribution in [0.2, 0.25) is 0 Å². The van der Waals surface area contributed by atoms with Gasteiger partial charge in [-0.2, -0.15) is 4.98 Å². The maximum absolute atomic E-state index is 5.54. The zero-order valence-corrected chi connectivity index (χ0v) is 12.2. The minimum atomic E-state index is -0.0343. The number of hydrogen-bond donors (Lipinski definition) is 0. The Balaban J connectivity index is 1.77. The Kier molecular flexibility index (Phi) is 4.12. The zero-order chi connectivity index (χ0) is 14.7. The van der Waals surface area contributed by atoms with E-state index in [1.165, 1.54) is 0 Å². The molecule has 3 heterocycles. The Bertz CT molecular complexity index is 601. The van der Waals surface area contributed by atoms with Crippen LogP contribution in [0.1, 0.15) is 23.5 Å². The van der Waals surface area contributed by atoms with Crippen molar-refractivity contribution >= 4 is 0 Å². The lowest BCUT2D eigenvalue weighted by Crippen LogP contribution is -2.39. The van der Waals surface area contributed by atoms with Crippen molar-refractivity contribution in [2.75, 3.05) is 26.9 Å². The number of aryl methyl sites for hydroxylation is 1. The molecule has 0 aromatic carbocycles. The molecule has 0 saturated carbocycles. The number of ether oxygens (including phenoxy) is 2. The molecule has 0 amide bonds. The van der Waals surface area contributed by atoms with Gasteiger partial charge in [0.15, 0.2) is 5.82 Å². The first-order valence-electron chi connectivity index (χ1n) is 6.88. The highest BCUT2D eigenvalue weighted by molar-refractivity contribution is 5.16. The fourth-order valence-electron chi connectivity index (χ4n) is 2.37. The normalized spacial score (nSPS) is 19.6. The van der Waals surface area contributed by atoms with Gasteiger partial charge in [-0.3, -0.25) is 4.90 Å². The number of methoxy groups -OCH3 is 1. The molecule has 2 aromatic rings. The van der Waals surface area contributed by atoms with Gasteiger partial charge in [0.2, 0.25) is 11.8 Å². The monoisotopic (exact) mass is 290 g/mol. The Morgan fingerprint density at radius 2 is 2.29 bits per heavy atom. The van der Waals surface area contributed by atoms with Gasteiger partial charge in [0.25, 0.3) is 0 Å². The van der Waals surface area contributed by atoms with Crippen LogP contribution in [-0.4, -0.2) is 46.9 Å². The van der Waals surface area contributed by atoms with Gasteiger partial charge in [-0.15, -0.1) is 0 Å². The minimum absolute atomic E-state index is 0.0343. The van der Waals surface area contributed by atoms with E-state index in [0.29, 0.717) is 37.4 Å². The Hall–Kier alpha value is -1.99. The number of pyridine rings is 1. The summed E-state index contributed by atoms with van der Waals surface area (Å²) in [6.07, 6.45) is 0. The maximum atomic E-state index is 5.54. The van der Waals surface area contributed by atoms with Gasteiger partial charge in [-0.1, -0.05) is 11.2 Å². The molecule has 3 rings (SSSR count). The molecule has 1 aliphatic heterocycles. The average Bonchev–Trinajstić information content (AvgIpc) is 2.94. The van der Waals surface area contributed by atoms with Crippen LogP contribution in [0.15, 0.2) is 22.7 Å². The molecule has 0 radical (unpaired) electrons. The highest BCUT2D eigenvalue weighted by Gasteiger charge is 2.29. The number of hydrogen-bond acceptors (Lipinski definition) is 7. The topological polar surface area (TPSA) is 73.5 Å². The van der Waals surface area contributed by atoms with Crippen LogP contribution in [-0.2, 0) is 11.3 Å². The van der Waals surface area contributed by atoms with Gasteiger partial charge < -0.3 is 14.0 Å². The van der Waals surface area contributed by atoms with Crippen molar-refractivity contribution in [3.8, 4) is 5.88 Å². The summed E-state index contributed by atoms with van der Waals surface area (Å²) in [5, 5.41) is 3.86. The van der Waals surface area contributed by atoms with E-state index in [4.69, 9.17) is 14.0 Å². The van der Waals surface area contributed by atoms with Crippen LogP contribution in [0.4, 0.5) is 0 Å². The van der Waals surface area contributed by atoms with Crippen LogP contribution in [0.25, 0.3) is 0 Å². The van der Waals surface area contributed by atoms with Crippen molar-refractivity contribution in [2.45, 2.75) is 19.5 Å². The van der Waals surface area contributed by atoms with Gasteiger partial charge in [0, 0.05) is 19.2 Å². The van der Waals surface area contributed by atoms with Gasteiger partial charge in [0.05, 0.1) is 26.0 Å². The molecule has 0 unspecified atom stereocenters. The van der Waals surface area contributed by atoms with E-state index in [0.717, 1.165) is 12.2 Å². The zero-order valence-electron chi connectivity index (χ0n) is 12.2. The van der Waals surface area contributed by atoms with Gasteiger partial charge in [0.1, 0.15) is 6.04 Å². The van der Waals surface area contributed by atoms with Crippen LogP contribution < -0.4 is 4.74 Å². The number of aromatic nitrogens is 3. The summed E-state index contributed by atoms with van der Waals surface area (Å²) in [5.41, 5.74) is 0.942. The third-order valence-electron chi connectivity index (χ3n) is 3.42. The first-order chi connectivity index (χ1) is 10.3. The van der Waals surface area contributed by atoms with E-state index >= 15 is 0 Å². The van der Waals surface area contributed by atoms with E-state index in [1.807, 2.05) is 25.1 Å². The molecule has 0 bridgehead atoms. The van der Waals surface area contributed by atoms with Crippen molar-refractivity contribution in [3.05, 3.63) is 35.6 Å². The predicted octanol–water partition coefficient (Wildman–Crippen LogP) is 1.36. The third-order valence-corrected chi connectivity index (χ3v) is 3.42. The van der Waals surface area contributed by atoms with Crippen LogP contribution in [0.5, 0.6) is 5.88 Å². The van der Waals surface area contributed by atoms with Crippen LogP contribution in [0, 0.1) is 6.92 Å². The lowest BCUT2D eigenvalue weighted by atomic mass is 10.2. The summed E-state index contributed by atoms with van der Waals surface area (Å²) in [7, 11) is 1.62. The molecule has 1 atom stereocenters. The molecule has 1 aliphatic rings. The Morgan fingerprint density at radius 1 is 1.38 bits per heavy atom. The summed E-state index contributed by atoms with van der Waals surface area (Å²) in [5.74, 6) is 1.84. The minimum Gasteiger partial charge on any atom is -0.481 e. The first kappa shape index (κ1) is 14.0. The SMILES string of the molecule is COc1cccc(CN2CCOC[C@@H]2c2nc(C)no2)n1. The van der Waals surface area contributed by atoms with Crippen molar-refractivity contribution < 1.29 is 14.0 Å². The molecule has 112 valence electrons. The van der Waals surface area contributed by atoms with E-state index in [-0.39, 0.29) is 6.04 Å². The number of rotatable bonds is 4. The Labute approximate surface area is 122 Å². The van der Waals surface area contributed by atoms with Crippen molar-refractivity contribution in [1.82, 2.24) is 20.0 Å². The Morgan fingerprint density at radius 3 is 3.05 bits per heavy atom. The summed E-state index contributed by atoms with van der Waals surface area (Å²) in [6, 6.07) is 5.72. The summed E-state index contributed by atoms with van der Waals surface area (Å²) in [4.78, 5) is 11.0. The average molecular weight is 290 g/mol. The maximum Gasteiger partial charge on any atom is 0.246 e. The quantitative estimate of drug-likeness (QED) is 0.841. The van der Waals surface area contributed by atoms with E-state index < -0.39 is 0 Å². The van der Waals surface area contributed by atoms with E-state index in [9.17, 15) is 0 Å². The van der Waals surface area contributed by atoms with E-state index in [2.05, 4.69) is 20.0 Å². The van der Waals surface area contributed by atoms with Gasteiger partial charge in [-0.05, 0) is 13.0 Å². The van der Waals surface area contributed by atoms with Gasteiger partial charge >= 0.3 is 0 Å². The lowest BCUT2D eigenvalue weighted by Gasteiger charge is -2.32. The van der Waals surface area contributed by atoms with Crippen molar-refractivity contribution in [3.63, 3.8) is 0 Å². The summed E-state index contributed by atoms with van der Waals surface area (Å²) in [6.45, 7) is 4.53. The first-order valence-corrected chi connectivity index (χ1v) is 6.88. The second-order valence-electron chi connectivity index (χ2n) is 4.91. The number of nitrogens with zero attached hydrogens (tertiary/aromatic N) is 4. The van der Waals surface area contributed by atoms with Crippen molar-refractivity contribution in [2.24, 2.45) is 0 Å². The highest BCUT2D eigenvalue weighted by Crippen LogP contribution is 2.24. The molecule has 0 aliphatic carbocycles. The second-order valence-corrected chi connectivity index (χ2v) is 4.91. The highest BCUT2D eigenvalue weighted by atomic mass is 16.5. The largest absolute Gasteiger partial charge is 0.481 e. The molecule has 7 heteroatoms. The molecule has 2 aromatic heterocycles. The second kappa shape index (κ2) is 6.19. The summed E-state index contributed by atoms with van der Waals surface area (Å²) < 4.78 is 16.0. The fourth-order valence-corrected chi connectivity index (χ4v) is 2.37. The van der Waals surface area contributed by atoms with Crippen LogP contribution >= 0.6 is 0 Å². The van der Waals surface area contributed by atoms with Gasteiger partial charge in [-0.25, -0.2) is 4.98 Å².